The van der Waals surface area contributed by atoms with Crippen LogP contribution < -0.4 is 10.6 Å². The maximum atomic E-state index is 12.2. The third-order valence-corrected chi connectivity index (χ3v) is 4.05. The topological polar surface area (TPSA) is 68.2 Å². The van der Waals surface area contributed by atoms with E-state index < -0.39 is 0 Å². The Morgan fingerprint density at radius 1 is 1.35 bits per heavy atom. The molecule has 0 radical (unpaired) electrons. The highest BCUT2D eigenvalue weighted by Gasteiger charge is 2.18. The molecule has 1 atom stereocenters. The Morgan fingerprint density at radius 2 is 2.22 bits per heavy atom. The Morgan fingerprint density at radius 3 is 3.00 bits per heavy atom. The maximum Gasteiger partial charge on any atom is 0.324 e. The van der Waals surface area contributed by atoms with Crippen LogP contribution in [0.25, 0.3) is 0 Å². The number of aromatic nitrogens is 2. The van der Waals surface area contributed by atoms with E-state index >= 15 is 0 Å². The SMILES string of the molecule is Cc1ccc(C)c(NC(=O)Nc2ccnn2C[C@H]2CCOC2)c1. The largest absolute Gasteiger partial charge is 0.381 e. The predicted molar refractivity (Wildman–Crippen MR) is 89.7 cm³/mol. The minimum Gasteiger partial charge on any atom is -0.381 e. The number of nitrogens with zero attached hydrogens (tertiary/aromatic N) is 2. The molecule has 1 aliphatic heterocycles. The van der Waals surface area contributed by atoms with Crippen molar-refractivity contribution in [1.82, 2.24) is 9.78 Å². The van der Waals surface area contributed by atoms with Gasteiger partial charge >= 0.3 is 6.03 Å². The highest BCUT2D eigenvalue weighted by atomic mass is 16.5. The number of carbonyl (C=O) groups is 1. The summed E-state index contributed by atoms with van der Waals surface area (Å²) in [6, 6.07) is 7.52. The number of urea groups is 1. The average molecular weight is 314 g/mol. The summed E-state index contributed by atoms with van der Waals surface area (Å²) in [6.07, 6.45) is 2.73. The summed E-state index contributed by atoms with van der Waals surface area (Å²) >= 11 is 0. The van der Waals surface area contributed by atoms with E-state index in [1.54, 1.807) is 12.3 Å². The van der Waals surface area contributed by atoms with Gasteiger partial charge < -0.3 is 10.1 Å². The Kier molecular flexibility index (Phi) is 4.62. The van der Waals surface area contributed by atoms with Crippen LogP contribution in [0.15, 0.2) is 30.5 Å². The quantitative estimate of drug-likeness (QED) is 0.910. The highest BCUT2D eigenvalue weighted by molar-refractivity contribution is 5.99. The fourth-order valence-electron chi connectivity index (χ4n) is 2.70. The third kappa shape index (κ3) is 3.90. The molecular formula is C17H22N4O2. The van der Waals surface area contributed by atoms with E-state index in [-0.39, 0.29) is 6.03 Å². The second kappa shape index (κ2) is 6.83. The second-order valence-electron chi connectivity index (χ2n) is 6.03. The molecule has 3 rings (SSSR count). The standard InChI is InChI=1S/C17H22N4O2/c1-12-3-4-13(2)15(9-12)19-17(22)20-16-5-7-18-21(16)10-14-6-8-23-11-14/h3-5,7,9,14H,6,8,10-11H2,1-2H3,(H2,19,20,22)/t14-/m1/s1. The monoisotopic (exact) mass is 314 g/mol. The molecule has 0 saturated carbocycles. The van der Waals surface area contributed by atoms with E-state index in [4.69, 9.17) is 4.74 Å². The van der Waals surface area contributed by atoms with Gasteiger partial charge in [-0.05, 0) is 37.5 Å². The Labute approximate surface area is 135 Å². The van der Waals surface area contributed by atoms with Crippen molar-refractivity contribution in [3.8, 4) is 0 Å². The number of rotatable bonds is 4. The van der Waals surface area contributed by atoms with E-state index in [0.29, 0.717) is 11.7 Å². The molecule has 2 N–H and O–H groups in total. The molecule has 122 valence electrons. The Hall–Kier alpha value is -2.34. The minimum atomic E-state index is -0.261. The lowest BCUT2D eigenvalue weighted by molar-refractivity contribution is 0.181. The first kappa shape index (κ1) is 15.6. The lowest BCUT2D eigenvalue weighted by Crippen LogP contribution is -2.23. The summed E-state index contributed by atoms with van der Waals surface area (Å²) in [5.41, 5.74) is 2.96. The Bertz CT molecular complexity index is 690. The van der Waals surface area contributed by atoms with Gasteiger partial charge in [0.1, 0.15) is 5.82 Å². The molecule has 23 heavy (non-hydrogen) atoms. The lowest BCUT2D eigenvalue weighted by Gasteiger charge is -2.13. The number of aryl methyl sites for hydroxylation is 2. The molecule has 0 aliphatic carbocycles. The molecule has 0 unspecified atom stereocenters. The number of hydrogen-bond acceptors (Lipinski definition) is 3. The zero-order valence-electron chi connectivity index (χ0n) is 13.5. The normalized spacial score (nSPS) is 17.2. The van der Waals surface area contributed by atoms with Crippen molar-refractivity contribution in [2.45, 2.75) is 26.8 Å². The number of carbonyl (C=O) groups excluding carboxylic acids is 1. The number of anilines is 2. The van der Waals surface area contributed by atoms with Gasteiger partial charge in [-0.15, -0.1) is 0 Å². The molecule has 1 aliphatic rings. The number of ether oxygens (including phenoxy) is 1. The molecule has 1 fully saturated rings. The zero-order chi connectivity index (χ0) is 16.2. The molecule has 1 saturated heterocycles. The molecule has 2 aromatic rings. The fourth-order valence-corrected chi connectivity index (χ4v) is 2.70. The van der Waals surface area contributed by atoms with Crippen molar-refractivity contribution in [3.63, 3.8) is 0 Å². The molecule has 2 amide bonds. The number of hydrogen-bond donors (Lipinski definition) is 2. The van der Waals surface area contributed by atoms with Crippen LogP contribution in [0.5, 0.6) is 0 Å². The summed E-state index contributed by atoms with van der Waals surface area (Å²) in [5, 5.41) is 10.1. The van der Waals surface area contributed by atoms with Crippen molar-refractivity contribution in [2.24, 2.45) is 5.92 Å². The van der Waals surface area contributed by atoms with E-state index in [0.717, 1.165) is 43.0 Å². The Balaban J connectivity index is 1.64. The van der Waals surface area contributed by atoms with Gasteiger partial charge in [-0.25, -0.2) is 9.48 Å². The van der Waals surface area contributed by atoms with E-state index in [9.17, 15) is 4.79 Å². The van der Waals surface area contributed by atoms with Gasteiger partial charge in [0.25, 0.3) is 0 Å². The first-order chi connectivity index (χ1) is 11.1. The molecule has 1 aromatic carbocycles. The minimum absolute atomic E-state index is 0.261. The van der Waals surface area contributed by atoms with Gasteiger partial charge in [0.05, 0.1) is 12.8 Å². The van der Waals surface area contributed by atoms with Crippen LogP contribution in [-0.2, 0) is 11.3 Å². The van der Waals surface area contributed by atoms with Gasteiger partial charge in [0, 0.05) is 30.8 Å². The zero-order valence-corrected chi connectivity index (χ0v) is 13.5. The molecule has 0 bridgehead atoms. The number of benzene rings is 1. The average Bonchev–Trinajstić information content (AvgIpc) is 3.16. The maximum absolute atomic E-state index is 12.2. The molecule has 6 nitrogen and oxygen atoms in total. The summed E-state index contributed by atoms with van der Waals surface area (Å²) in [6.45, 7) is 6.29. The van der Waals surface area contributed by atoms with Crippen molar-refractivity contribution >= 4 is 17.5 Å². The van der Waals surface area contributed by atoms with Gasteiger partial charge in [-0.3, -0.25) is 5.32 Å². The van der Waals surface area contributed by atoms with Crippen molar-refractivity contribution in [1.29, 1.82) is 0 Å². The van der Waals surface area contributed by atoms with Crippen LogP contribution in [0.3, 0.4) is 0 Å². The van der Waals surface area contributed by atoms with Crippen molar-refractivity contribution in [3.05, 3.63) is 41.6 Å². The number of amides is 2. The first-order valence-corrected chi connectivity index (χ1v) is 7.86. The van der Waals surface area contributed by atoms with Crippen LogP contribution in [0.1, 0.15) is 17.5 Å². The van der Waals surface area contributed by atoms with Crippen molar-refractivity contribution < 1.29 is 9.53 Å². The summed E-state index contributed by atoms with van der Waals surface area (Å²) in [4.78, 5) is 12.2. The van der Waals surface area contributed by atoms with Gasteiger partial charge in [0.15, 0.2) is 0 Å². The van der Waals surface area contributed by atoms with Crippen molar-refractivity contribution in [2.75, 3.05) is 23.8 Å². The molecule has 6 heteroatoms. The van der Waals surface area contributed by atoms with Crippen LogP contribution in [0, 0.1) is 19.8 Å². The van der Waals surface area contributed by atoms with Gasteiger partial charge in [-0.2, -0.15) is 5.10 Å². The number of nitrogens with one attached hydrogen (secondary N) is 2. The van der Waals surface area contributed by atoms with E-state index in [2.05, 4.69) is 15.7 Å². The van der Waals surface area contributed by atoms with Gasteiger partial charge in [0.2, 0.25) is 0 Å². The molecule has 0 spiro atoms. The van der Waals surface area contributed by atoms with Crippen LogP contribution in [-0.4, -0.2) is 29.0 Å². The first-order valence-electron chi connectivity index (χ1n) is 7.86. The van der Waals surface area contributed by atoms with E-state index in [1.165, 1.54) is 0 Å². The molecule has 1 aromatic heterocycles. The highest BCUT2D eigenvalue weighted by Crippen LogP contribution is 2.19. The second-order valence-corrected chi connectivity index (χ2v) is 6.03. The smallest absolute Gasteiger partial charge is 0.324 e. The molecule has 2 heterocycles. The van der Waals surface area contributed by atoms with Crippen LogP contribution in [0.2, 0.25) is 0 Å². The van der Waals surface area contributed by atoms with Gasteiger partial charge in [-0.1, -0.05) is 12.1 Å². The summed E-state index contributed by atoms with van der Waals surface area (Å²) in [7, 11) is 0. The predicted octanol–water partition coefficient (Wildman–Crippen LogP) is 3.18. The fraction of sp³-hybridized carbons (Fsp3) is 0.412. The lowest BCUT2D eigenvalue weighted by atomic mass is 10.1. The summed E-state index contributed by atoms with van der Waals surface area (Å²) in [5.74, 6) is 1.15. The molecular weight excluding hydrogens is 292 g/mol. The van der Waals surface area contributed by atoms with E-state index in [1.807, 2.05) is 36.7 Å². The third-order valence-electron chi connectivity index (χ3n) is 4.05. The summed E-state index contributed by atoms with van der Waals surface area (Å²) < 4.78 is 7.21. The van der Waals surface area contributed by atoms with Crippen LogP contribution in [0.4, 0.5) is 16.3 Å². The van der Waals surface area contributed by atoms with Crippen LogP contribution >= 0.6 is 0 Å².